The smallest absolute Gasteiger partial charge is 0.410 e. The fourth-order valence-corrected chi connectivity index (χ4v) is 4.95. The number of nitrogens with zero attached hydrogens (tertiary/aromatic N) is 2. The highest BCUT2D eigenvalue weighted by Crippen LogP contribution is 2.36. The Morgan fingerprint density at radius 1 is 1.03 bits per heavy atom. The molecule has 9 heteroatoms. The number of piperidine rings is 1. The third-order valence-electron chi connectivity index (χ3n) is 6.13. The molecule has 2 aliphatic heterocycles. The van der Waals surface area contributed by atoms with Crippen LogP contribution in [0.25, 0.3) is 0 Å². The number of methoxy groups -OCH3 is 2. The number of benzene rings is 1. The fraction of sp³-hybridized carbons (Fsp3) is 0.667. The van der Waals surface area contributed by atoms with Crippen LogP contribution < -0.4 is 14.8 Å². The van der Waals surface area contributed by atoms with Crippen molar-refractivity contribution in [3.05, 3.63) is 17.2 Å². The fourth-order valence-electron chi connectivity index (χ4n) is 4.72. The first-order chi connectivity index (χ1) is 15.6. The summed E-state index contributed by atoms with van der Waals surface area (Å²) in [5, 5.41) is 3.35. The van der Waals surface area contributed by atoms with Gasteiger partial charge in [-0.1, -0.05) is 18.0 Å². The van der Waals surface area contributed by atoms with E-state index in [2.05, 4.69) is 10.2 Å². The van der Waals surface area contributed by atoms with Crippen molar-refractivity contribution in [3.8, 4) is 11.5 Å². The molecule has 2 heterocycles. The van der Waals surface area contributed by atoms with Crippen LogP contribution in [-0.2, 0) is 9.53 Å². The van der Waals surface area contributed by atoms with E-state index in [0.717, 1.165) is 38.6 Å². The van der Waals surface area contributed by atoms with E-state index in [4.69, 9.17) is 25.8 Å². The first kappa shape index (κ1) is 25.4. The summed E-state index contributed by atoms with van der Waals surface area (Å²) in [6.45, 7) is 7.39. The number of hydrogen-bond acceptors (Lipinski definition) is 6. The number of hydrogen-bond donors (Lipinski definition) is 1. The Bertz CT molecular complexity index is 857. The van der Waals surface area contributed by atoms with Crippen LogP contribution in [0.5, 0.6) is 11.5 Å². The van der Waals surface area contributed by atoms with E-state index in [-0.39, 0.29) is 30.6 Å². The Balaban J connectivity index is 1.71. The van der Waals surface area contributed by atoms with Gasteiger partial charge in [-0.3, -0.25) is 9.69 Å². The van der Waals surface area contributed by atoms with Gasteiger partial charge in [-0.05, 0) is 53.0 Å². The second kappa shape index (κ2) is 10.8. The minimum Gasteiger partial charge on any atom is -0.495 e. The van der Waals surface area contributed by atoms with E-state index in [1.807, 2.05) is 25.7 Å². The predicted molar refractivity (Wildman–Crippen MR) is 128 cm³/mol. The molecular weight excluding hydrogens is 446 g/mol. The number of anilines is 1. The quantitative estimate of drug-likeness (QED) is 0.642. The summed E-state index contributed by atoms with van der Waals surface area (Å²) in [5.74, 6) is 0.783. The number of ether oxygens (including phenoxy) is 3. The van der Waals surface area contributed by atoms with E-state index in [0.29, 0.717) is 28.8 Å². The molecule has 1 aromatic carbocycles. The van der Waals surface area contributed by atoms with Crippen LogP contribution in [0.1, 0.15) is 52.9 Å². The summed E-state index contributed by atoms with van der Waals surface area (Å²) in [4.78, 5) is 29.9. The van der Waals surface area contributed by atoms with Gasteiger partial charge in [-0.25, -0.2) is 4.79 Å². The number of halogens is 1. The van der Waals surface area contributed by atoms with Crippen molar-refractivity contribution in [2.45, 2.75) is 70.6 Å². The third-order valence-corrected chi connectivity index (χ3v) is 6.43. The number of carbonyl (C=O) groups excluding carboxylic acids is 2. The molecule has 2 amide bonds. The molecule has 0 radical (unpaired) electrons. The van der Waals surface area contributed by atoms with Gasteiger partial charge in [0.05, 0.1) is 37.5 Å². The van der Waals surface area contributed by atoms with E-state index < -0.39 is 5.60 Å². The average molecular weight is 482 g/mol. The van der Waals surface area contributed by atoms with Gasteiger partial charge < -0.3 is 24.4 Å². The Morgan fingerprint density at radius 3 is 2.39 bits per heavy atom. The van der Waals surface area contributed by atoms with Crippen LogP contribution in [0.4, 0.5) is 10.5 Å². The summed E-state index contributed by atoms with van der Waals surface area (Å²) < 4.78 is 16.3. The lowest BCUT2D eigenvalue weighted by molar-refractivity contribution is -0.118. The van der Waals surface area contributed by atoms with Gasteiger partial charge in [0.1, 0.15) is 17.1 Å². The van der Waals surface area contributed by atoms with E-state index in [1.165, 1.54) is 14.2 Å². The van der Waals surface area contributed by atoms with Crippen molar-refractivity contribution < 1.29 is 23.8 Å². The SMILES string of the molecule is COc1cc(NC(=O)CN2CCCC[C@@H]2[C@H]2CCCN2C(=O)OC(C)(C)C)c(OC)cc1Cl. The molecule has 0 aliphatic carbocycles. The molecule has 184 valence electrons. The normalized spacial score (nSPS) is 21.6. The predicted octanol–water partition coefficient (Wildman–Crippen LogP) is 4.55. The maximum Gasteiger partial charge on any atom is 0.410 e. The number of likely N-dealkylation sites (tertiary alicyclic amines) is 2. The van der Waals surface area contributed by atoms with E-state index in [9.17, 15) is 9.59 Å². The minimum absolute atomic E-state index is 0.0538. The Kier molecular flexibility index (Phi) is 8.34. The highest BCUT2D eigenvalue weighted by Gasteiger charge is 2.40. The largest absolute Gasteiger partial charge is 0.495 e. The van der Waals surface area contributed by atoms with Crippen LogP contribution in [0.15, 0.2) is 12.1 Å². The van der Waals surface area contributed by atoms with Crippen LogP contribution in [0.2, 0.25) is 5.02 Å². The molecular formula is C24H36ClN3O5. The van der Waals surface area contributed by atoms with Gasteiger partial charge in [0.25, 0.3) is 0 Å². The van der Waals surface area contributed by atoms with Crippen LogP contribution in [0.3, 0.4) is 0 Å². The summed E-state index contributed by atoms with van der Waals surface area (Å²) in [5.41, 5.74) is -0.0248. The van der Waals surface area contributed by atoms with Crippen LogP contribution in [0, 0.1) is 0 Å². The first-order valence-electron chi connectivity index (χ1n) is 11.6. The Labute approximate surface area is 201 Å². The molecule has 1 aromatic rings. The number of carbonyl (C=O) groups is 2. The summed E-state index contributed by atoms with van der Waals surface area (Å²) in [6.07, 6.45) is 4.67. The molecule has 2 fully saturated rings. The molecule has 0 unspecified atom stereocenters. The molecule has 2 saturated heterocycles. The van der Waals surface area contributed by atoms with Crippen molar-refractivity contribution in [1.82, 2.24) is 9.80 Å². The zero-order valence-corrected chi connectivity index (χ0v) is 21.0. The second-order valence-corrected chi connectivity index (χ2v) is 10.1. The molecule has 0 spiro atoms. The Morgan fingerprint density at radius 2 is 1.73 bits per heavy atom. The zero-order chi connectivity index (χ0) is 24.2. The number of amides is 2. The van der Waals surface area contributed by atoms with Gasteiger partial charge in [0.15, 0.2) is 0 Å². The van der Waals surface area contributed by atoms with Crippen molar-refractivity contribution in [2.75, 3.05) is 39.2 Å². The van der Waals surface area contributed by atoms with Gasteiger partial charge in [0, 0.05) is 24.7 Å². The van der Waals surface area contributed by atoms with Gasteiger partial charge in [-0.15, -0.1) is 0 Å². The summed E-state index contributed by atoms with van der Waals surface area (Å²) >= 11 is 6.18. The lowest BCUT2D eigenvalue weighted by atomic mass is 9.94. The second-order valence-electron chi connectivity index (χ2n) is 9.65. The molecule has 0 bridgehead atoms. The molecule has 0 aromatic heterocycles. The molecule has 33 heavy (non-hydrogen) atoms. The van der Waals surface area contributed by atoms with Crippen molar-refractivity contribution in [2.24, 2.45) is 0 Å². The van der Waals surface area contributed by atoms with Gasteiger partial charge >= 0.3 is 6.09 Å². The lowest BCUT2D eigenvalue weighted by Crippen LogP contribution is -2.55. The number of rotatable bonds is 6. The standard InChI is InChI=1S/C24H36ClN3O5/c1-24(2,3)33-23(30)28-12-8-10-19(28)18-9-6-7-11-27(18)15-22(29)26-17-14-20(31-4)16(25)13-21(17)32-5/h13-14,18-19H,6-12,15H2,1-5H3,(H,26,29)/t18-,19-/m1/s1. The van der Waals surface area contributed by atoms with Crippen LogP contribution in [-0.4, -0.2) is 73.3 Å². The van der Waals surface area contributed by atoms with Crippen molar-refractivity contribution >= 4 is 29.3 Å². The van der Waals surface area contributed by atoms with Crippen LogP contribution >= 0.6 is 11.6 Å². The highest BCUT2D eigenvalue weighted by molar-refractivity contribution is 6.32. The summed E-state index contributed by atoms with van der Waals surface area (Å²) in [6, 6.07) is 3.46. The average Bonchev–Trinajstić information content (AvgIpc) is 3.23. The molecule has 8 nitrogen and oxygen atoms in total. The monoisotopic (exact) mass is 481 g/mol. The van der Waals surface area contributed by atoms with Gasteiger partial charge in [-0.2, -0.15) is 0 Å². The lowest BCUT2D eigenvalue weighted by Gasteiger charge is -2.42. The van der Waals surface area contributed by atoms with E-state index in [1.54, 1.807) is 12.1 Å². The Hall–Kier alpha value is -2.19. The van der Waals surface area contributed by atoms with Crippen molar-refractivity contribution in [1.29, 1.82) is 0 Å². The molecule has 1 N–H and O–H groups in total. The first-order valence-corrected chi connectivity index (χ1v) is 12.0. The molecule has 3 rings (SSSR count). The summed E-state index contributed by atoms with van der Waals surface area (Å²) in [7, 11) is 3.05. The maximum absolute atomic E-state index is 13.0. The molecule has 2 atom stereocenters. The highest BCUT2D eigenvalue weighted by atomic mass is 35.5. The molecule has 2 aliphatic rings. The number of nitrogens with one attached hydrogen (secondary N) is 1. The molecule has 0 saturated carbocycles. The maximum atomic E-state index is 13.0. The minimum atomic E-state index is -0.533. The zero-order valence-electron chi connectivity index (χ0n) is 20.3. The van der Waals surface area contributed by atoms with Crippen molar-refractivity contribution in [3.63, 3.8) is 0 Å². The van der Waals surface area contributed by atoms with E-state index >= 15 is 0 Å². The van der Waals surface area contributed by atoms with Gasteiger partial charge in [0.2, 0.25) is 5.91 Å². The third kappa shape index (κ3) is 6.44. The topological polar surface area (TPSA) is 80.3 Å².